The molecule has 2 fully saturated rings. The van der Waals surface area contributed by atoms with E-state index in [1.54, 1.807) is 11.3 Å². The first-order valence-electron chi connectivity index (χ1n) is 8.30. The van der Waals surface area contributed by atoms with Crippen molar-refractivity contribution in [3.8, 4) is 0 Å². The second-order valence-electron chi connectivity index (χ2n) is 6.47. The number of aromatic nitrogens is 1. The smallest absolute Gasteiger partial charge is 0.191 e. The Balaban J connectivity index is 1.42. The number of hydrogen-bond donors (Lipinski definition) is 2. The summed E-state index contributed by atoms with van der Waals surface area (Å²) in [4.78, 5) is 12.7. The zero-order valence-electron chi connectivity index (χ0n) is 13.8. The lowest BCUT2D eigenvalue weighted by molar-refractivity contribution is 0.256. The van der Waals surface area contributed by atoms with E-state index in [2.05, 4.69) is 39.4 Å². The Morgan fingerprint density at radius 3 is 2.95 bits per heavy atom. The zero-order chi connectivity index (χ0) is 15.5. The molecule has 0 aromatic carbocycles. The van der Waals surface area contributed by atoms with E-state index in [1.807, 2.05) is 13.2 Å². The van der Waals surface area contributed by atoms with Crippen LogP contribution in [0.3, 0.4) is 0 Å². The molecule has 1 aliphatic carbocycles. The highest BCUT2D eigenvalue weighted by Crippen LogP contribution is 2.33. The third kappa shape index (κ3) is 3.98. The molecule has 0 spiro atoms. The molecule has 5 nitrogen and oxygen atoms in total. The summed E-state index contributed by atoms with van der Waals surface area (Å²) in [6.45, 7) is 6.47. The maximum Gasteiger partial charge on any atom is 0.191 e. The Morgan fingerprint density at radius 1 is 1.50 bits per heavy atom. The van der Waals surface area contributed by atoms with Gasteiger partial charge < -0.3 is 10.6 Å². The summed E-state index contributed by atoms with van der Waals surface area (Å²) >= 11 is 1.77. The molecule has 1 saturated carbocycles. The molecule has 3 rings (SSSR count). The van der Waals surface area contributed by atoms with Crippen LogP contribution in [0.25, 0.3) is 0 Å². The number of aliphatic imine (C=N–C) groups is 1. The molecule has 1 aromatic rings. The zero-order valence-corrected chi connectivity index (χ0v) is 14.6. The average Bonchev–Trinajstić information content (AvgIpc) is 3.16. The van der Waals surface area contributed by atoms with E-state index >= 15 is 0 Å². The number of likely N-dealkylation sites (tertiary alicyclic amines) is 1. The molecule has 1 aromatic heterocycles. The van der Waals surface area contributed by atoms with Gasteiger partial charge in [-0.15, -0.1) is 11.3 Å². The number of hydrogen-bond acceptors (Lipinski definition) is 4. The van der Waals surface area contributed by atoms with E-state index in [0.29, 0.717) is 12.1 Å². The minimum absolute atomic E-state index is 0.518. The Hall–Kier alpha value is -1.14. The second-order valence-corrected chi connectivity index (χ2v) is 7.79. The summed E-state index contributed by atoms with van der Waals surface area (Å²) in [6.07, 6.45) is 6.88. The van der Waals surface area contributed by atoms with Crippen LogP contribution in [0, 0.1) is 6.92 Å². The molecular weight excluding hydrogens is 294 g/mol. The van der Waals surface area contributed by atoms with Crippen molar-refractivity contribution in [1.29, 1.82) is 0 Å². The third-order valence-electron chi connectivity index (χ3n) is 4.50. The monoisotopic (exact) mass is 321 g/mol. The van der Waals surface area contributed by atoms with Gasteiger partial charge in [-0.05, 0) is 33.1 Å². The van der Waals surface area contributed by atoms with E-state index in [1.165, 1.54) is 29.1 Å². The van der Waals surface area contributed by atoms with E-state index in [-0.39, 0.29) is 0 Å². The van der Waals surface area contributed by atoms with Crippen LogP contribution in [0.2, 0.25) is 0 Å². The summed E-state index contributed by atoms with van der Waals surface area (Å²) in [6, 6.07) is 2.07. The summed E-state index contributed by atoms with van der Waals surface area (Å²) in [5.74, 6) is 0.920. The minimum Gasteiger partial charge on any atom is -0.356 e. The molecule has 0 amide bonds. The molecule has 0 bridgehead atoms. The van der Waals surface area contributed by atoms with Crippen LogP contribution in [0.15, 0.2) is 11.2 Å². The van der Waals surface area contributed by atoms with Crippen molar-refractivity contribution in [3.63, 3.8) is 0 Å². The molecule has 2 heterocycles. The van der Waals surface area contributed by atoms with Gasteiger partial charge in [-0.3, -0.25) is 9.89 Å². The van der Waals surface area contributed by atoms with Gasteiger partial charge in [-0.2, -0.15) is 0 Å². The number of nitrogens with zero attached hydrogens (tertiary/aromatic N) is 3. The van der Waals surface area contributed by atoms with Gasteiger partial charge in [0, 0.05) is 55.8 Å². The Kier molecular flexibility index (Phi) is 4.98. The highest BCUT2D eigenvalue weighted by atomic mass is 32.1. The highest BCUT2D eigenvalue weighted by molar-refractivity contribution is 7.11. The first-order chi connectivity index (χ1) is 10.7. The average molecular weight is 321 g/mol. The van der Waals surface area contributed by atoms with Gasteiger partial charge in [-0.25, -0.2) is 4.98 Å². The molecular formula is C16H27N5S. The maximum atomic E-state index is 4.40. The van der Waals surface area contributed by atoms with E-state index < -0.39 is 0 Å². The summed E-state index contributed by atoms with van der Waals surface area (Å²) in [5.41, 5.74) is 0. The molecule has 1 aliphatic heterocycles. The van der Waals surface area contributed by atoms with E-state index in [9.17, 15) is 0 Å². The molecule has 6 heteroatoms. The molecule has 122 valence electrons. The van der Waals surface area contributed by atoms with Crippen molar-refractivity contribution < 1.29 is 0 Å². The van der Waals surface area contributed by atoms with Crippen molar-refractivity contribution in [2.75, 3.05) is 20.1 Å². The topological polar surface area (TPSA) is 52.6 Å². The summed E-state index contributed by atoms with van der Waals surface area (Å²) < 4.78 is 0. The molecule has 2 aliphatic rings. The Morgan fingerprint density at radius 2 is 2.32 bits per heavy atom. The summed E-state index contributed by atoms with van der Waals surface area (Å²) in [5, 5.41) is 8.19. The van der Waals surface area contributed by atoms with Crippen molar-refractivity contribution in [1.82, 2.24) is 20.5 Å². The fourth-order valence-corrected chi connectivity index (χ4v) is 4.06. The van der Waals surface area contributed by atoms with Gasteiger partial charge in [0.05, 0.1) is 5.01 Å². The van der Waals surface area contributed by atoms with Crippen LogP contribution in [0.4, 0.5) is 0 Å². The van der Waals surface area contributed by atoms with Gasteiger partial charge >= 0.3 is 0 Å². The minimum atomic E-state index is 0.518. The molecule has 22 heavy (non-hydrogen) atoms. The van der Waals surface area contributed by atoms with Gasteiger partial charge in [0.15, 0.2) is 5.96 Å². The molecule has 1 saturated heterocycles. The fraction of sp³-hybridized carbons (Fsp3) is 0.750. The van der Waals surface area contributed by atoms with Crippen LogP contribution in [-0.2, 0) is 6.42 Å². The van der Waals surface area contributed by atoms with Crippen molar-refractivity contribution in [2.24, 2.45) is 4.99 Å². The standard InChI is InChI=1S/C16H27N5S/c1-11-8-13(10-21(11)14-4-5-14)20-16(17-3)18-7-6-15-19-9-12(2)22-15/h9,11,13-14H,4-8,10H2,1-3H3,(H2,17,18,20). The van der Waals surface area contributed by atoms with Crippen molar-refractivity contribution in [3.05, 3.63) is 16.1 Å². The number of nitrogens with one attached hydrogen (secondary N) is 2. The number of guanidine groups is 1. The van der Waals surface area contributed by atoms with Gasteiger partial charge in [0.2, 0.25) is 0 Å². The largest absolute Gasteiger partial charge is 0.356 e. The van der Waals surface area contributed by atoms with Crippen molar-refractivity contribution >= 4 is 17.3 Å². The third-order valence-corrected chi connectivity index (χ3v) is 5.48. The van der Waals surface area contributed by atoms with Gasteiger partial charge in [0.25, 0.3) is 0 Å². The van der Waals surface area contributed by atoms with Crippen LogP contribution in [-0.4, -0.2) is 54.1 Å². The number of aryl methyl sites for hydroxylation is 1. The number of thiazole rings is 1. The normalized spacial score (nSPS) is 26.4. The van der Waals surface area contributed by atoms with Crippen LogP contribution >= 0.6 is 11.3 Å². The van der Waals surface area contributed by atoms with Gasteiger partial charge in [0.1, 0.15) is 0 Å². The van der Waals surface area contributed by atoms with Gasteiger partial charge in [-0.1, -0.05) is 0 Å². The quantitative estimate of drug-likeness (QED) is 0.641. The van der Waals surface area contributed by atoms with Crippen LogP contribution in [0.1, 0.15) is 36.1 Å². The lowest BCUT2D eigenvalue weighted by Gasteiger charge is -2.20. The molecule has 2 atom stereocenters. The fourth-order valence-electron chi connectivity index (χ4n) is 3.27. The lowest BCUT2D eigenvalue weighted by Crippen LogP contribution is -2.45. The lowest BCUT2D eigenvalue weighted by atomic mass is 10.2. The molecule has 2 N–H and O–H groups in total. The molecule has 0 radical (unpaired) electrons. The Labute approximate surface area is 137 Å². The number of rotatable bonds is 5. The molecule has 2 unspecified atom stereocenters. The predicted molar refractivity (Wildman–Crippen MR) is 92.6 cm³/mol. The SMILES string of the molecule is CN=C(NCCc1ncc(C)s1)NC1CC(C)N(C2CC2)C1. The van der Waals surface area contributed by atoms with E-state index in [4.69, 9.17) is 0 Å². The van der Waals surface area contributed by atoms with Crippen LogP contribution < -0.4 is 10.6 Å². The highest BCUT2D eigenvalue weighted by Gasteiger charge is 2.38. The van der Waals surface area contributed by atoms with Crippen LogP contribution in [0.5, 0.6) is 0 Å². The first kappa shape index (κ1) is 15.7. The Bertz CT molecular complexity index is 522. The van der Waals surface area contributed by atoms with E-state index in [0.717, 1.165) is 31.5 Å². The first-order valence-corrected chi connectivity index (χ1v) is 9.11. The second kappa shape index (κ2) is 6.96. The maximum absolute atomic E-state index is 4.40. The summed E-state index contributed by atoms with van der Waals surface area (Å²) in [7, 11) is 1.85. The predicted octanol–water partition coefficient (Wildman–Crippen LogP) is 1.78. The van der Waals surface area contributed by atoms with Crippen molar-refractivity contribution in [2.45, 2.75) is 57.7 Å².